The molecular formula is C15H19FN4O. The SMILES string of the molecule is CCCc1[nH]nc(C(=O)N(CC)c2ccccc2F)c1N. The lowest BCUT2D eigenvalue weighted by atomic mass is 10.2. The van der Waals surface area contributed by atoms with Crippen LogP contribution in [0.3, 0.4) is 0 Å². The first-order valence-electron chi connectivity index (χ1n) is 6.99. The fraction of sp³-hybridized carbons (Fsp3) is 0.333. The number of benzene rings is 1. The Morgan fingerprint density at radius 3 is 2.71 bits per heavy atom. The number of anilines is 2. The van der Waals surface area contributed by atoms with Crippen molar-refractivity contribution in [1.29, 1.82) is 0 Å². The van der Waals surface area contributed by atoms with Gasteiger partial charge in [0.25, 0.3) is 5.91 Å². The lowest BCUT2D eigenvalue weighted by Gasteiger charge is -2.20. The zero-order valence-corrected chi connectivity index (χ0v) is 12.2. The van der Waals surface area contributed by atoms with Crippen molar-refractivity contribution in [2.24, 2.45) is 0 Å². The average molecular weight is 290 g/mol. The van der Waals surface area contributed by atoms with Crippen LogP contribution in [0.15, 0.2) is 24.3 Å². The van der Waals surface area contributed by atoms with Gasteiger partial charge in [-0.25, -0.2) is 4.39 Å². The molecule has 0 radical (unpaired) electrons. The number of carbonyl (C=O) groups excluding carboxylic acids is 1. The number of nitrogens with two attached hydrogens (primary N) is 1. The Bertz CT molecular complexity index is 638. The van der Waals surface area contributed by atoms with Gasteiger partial charge in [-0.1, -0.05) is 25.5 Å². The van der Waals surface area contributed by atoms with Crippen LogP contribution in [0.4, 0.5) is 15.8 Å². The van der Waals surface area contributed by atoms with Gasteiger partial charge in [-0.05, 0) is 25.5 Å². The second-order valence-electron chi connectivity index (χ2n) is 4.72. The van der Waals surface area contributed by atoms with Crippen LogP contribution < -0.4 is 10.6 Å². The monoisotopic (exact) mass is 290 g/mol. The van der Waals surface area contributed by atoms with Gasteiger partial charge < -0.3 is 10.6 Å². The van der Waals surface area contributed by atoms with Gasteiger partial charge in [-0.2, -0.15) is 5.10 Å². The van der Waals surface area contributed by atoms with Gasteiger partial charge in [-0.15, -0.1) is 0 Å². The minimum absolute atomic E-state index is 0.142. The maximum absolute atomic E-state index is 13.9. The van der Waals surface area contributed by atoms with E-state index in [2.05, 4.69) is 10.2 Å². The second-order valence-corrected chi connectivity index (χ2v) is 4.72. The van der Waals surface area contributed by atoms with Gasteiger partial charge in [0.1, 0.15) is 5.82 Å². The number of hydrogen-bond acceptors (Lipinski definition) is 3. The molecule has 0 unspecified atom stereocenters. The third kappa shape index (κ3) is 2.89. The Morgan fingerprint density at radius 2 is 2.10 bits per heavy atom. The number of halogens is 1. The zero-order chi connectivity index (χ0) is 15.4. The summed E-state index contributed by atoms with van der Waals surface area (Å²) in [6.45, 7) is 4.12. The van der Waals surface area contributed by atoms with Crippen LogP contribution in [-0.4, -0.2) is 22.6 Å². The highest BCUT2D eigenvalue weighted by Crippen LogP contribution is 2.23. The molecule has 2 rings (SSSR count). The van der Waals surface area contributed by atoms with E-state index in [0.29, 0.717) is 12.2 Å². The molecule has 21 heavy (non-hydrogen) atoms. The largest absolute Gasteiger partial charge is 0.395 e. The van der Waals surface area contributed by atoms with Crippen molar-refractivity contribution in [1.82, 2.24) is 10.2 Å². The van der Waals surface area contributed by atoms with Gasteiger partial charge in [0.15, 0.2) is 5.69 Å². The molecule has 2 aromatic rings. The number of para-hydroxylation sites is 1. The van der Waals surface area contributed by atoms with E-state index in [1.807, 2.05) is 6.92 Å². The lowest BCUT2D eigenvalue weighted by molar-refractivity contribution is 0.0983. The standard InChI is InChI=1S/C15H19FN4O/c1-3-7-11-13(17)14(19-18-11)15(21)20(4-2)12-9-6-5-8-10(12)16/h5-6,8-9H,3-4,7,17H2,1-2H3,(H,18,19). The van der Waals surface area contributed by atoms with Gasteiger partial charge in [-0.3, -0.25) is 9.89 Å². The van der Waals surface area contributed by atoms with E-state index in [9.17, 15) is 9.18 Å². The molecular weight excluding hydrogens is 271 g/mol. The van der Waals surface area contributed by atoms with E-state index in [1.165, 1.54) is 11.0 Å². The molecule has 5 nitrogen and oxygen atoms in total. The molecule has 1 aromatic carbocycles. The van der Waals surface area contributed by atoms with Crippen molar-refractivity contribution in [3.05, 3.63) is 41.5 Å². The number of aromatic amines is 1. The van der Waals surface area contributed by atoms with Crippen molar-refractivity contribution in [2.75, 3.05) is 17.2 Å². The summed E-state index contributed by atoms with van der Waals surface area (Å²) in [4.78, 5) is 13.9. The third-order valence-corrected chi connectivity index (χ3v) is 3.29. The topological polar surface area (TPSA) is 75.0 Å². The number of amides is 1. The molecule has 6 heteroatoms. The first kappa shape index (κ1) is 15.0. The number of hydrogen-bond donors (Lipinski definition) is 2. The molecule has 0 aliphatic carbocycles. The molecule has 0 atom stereocenters. The van der Waals surface area contributed by atoms with Crippen molar-refractivity contribution in [3.8, 4) is 0 Å². The second kappa shape index (κ2) is 6.39. The first-order chi connectivity index (χ1) is 10.1. The van der Waals surface area contributed by atoms with Crippen LogP contribution in [0.1, 0.15) is 36.5 Å². The van der Waals surface area contributed by atoms with E-state index in [0.717, 1.165) is 18.5 Å². The Hall–Kier alpha value is -2.37. The van der Waals surface area contributed by atoms with Crippen LogP contribution in [0, 0.1) is 5.82 Å². The molecule has 0 aliphatic rings. The molecule has 1 heterocycles. The summed E-state index contributed by atoms with van der Waals surface area (Å²) >= 11 is 0. The Balaban J connectivity index is 2.35. The van der Waals surface area contributed by atoms with E-state index >= 15 is 0 Å². The number of nitrogens with zero attached hydrogens (tertiary/aromatic N) is 2. The fourth-order valence-corrected chi connectivity index (χ4v) is 2.21. The van der Waals surface area contributed by atoms with Gasteiger partial charge in [0.2, 0.25) is 0 Å². The summed E-state index contributed by atoms with van der Waals surface area (Å²) in [6.07, 6.45) is 1.61. The average Bonchev–Trinajstić information content (AvgIpc) is 2.83. The van der Waals surface area contributed by atoms with E-state index < -0.39 is 11.7 Å². The molecule has 0 fully saturated rings. The summed E-state index contributed by atoms with van der Waals surface area (Å²) in [5.74, 6) is -0.853. The van der Waals surface area contributed by atoms with Crippen LogP contribution in [0.5, 0.6) is 0 Å². The van der Waals surface area contributed by atoms with Crippen LogP contribution in [-0.2, 0) is 6.42 Å². The van der Waals surface area contributed by atoms with E-state index in [1.54, 1.807) is 25.1 Å². The van der Waals surface area contributed by atoms with Gasteiger partial charge in [0, 0.05) is 6.54 Å². The Labute approximate surface area is 123 Å². The Morgan fingerprint density at radius 1 is 1.38 bits per heavy atom. The zero-order valence-electron chi connectivity index (χ0n) is 12.2. The highest BCUT2D eigenvalue weighted by Gasteiger charge is 2.24. The molecule has 0 saturated carbocycles. The van der Waals surface area contributed by atoms with Gasteiger partial charge in [0.05, 0.1) is 17.1 Å². The summed E-state index contributed by atoms with van der Waals surface area (Å²) in [7, 11) is 0. The predicted octanol–water partition coefficient (Wildman–Crippen LogP) is 2.75. The summed E-state index contributed by atoms with van der Waals surface area (Å²) in [5.41, 5.74) is 7.42. The Kier molecular flexibility index (Phi) is 4.57. The number of H-pyrrole nitrogens is 1. The van der Waals surface area contributed by atoms with Crippen molar-refractivity contribution < 1.29 is 9.18 Å². The maximum atomic E-state index is 13.9. The van der Waals surface area contributed by atoms with Crippen LogP contribution in [0.2, 0.25) is 0 Å². The smallest absolute Gasteiger partial charge is 0.281 e. The molecule has 3 N–H and O–H groups in total. The highest BCUT2D eigenvalue weighted by atomic mass is 19.1. The van der Waals surface area contributed by atoms with Gasteiger partial charge >= 0.3 is 0 Å². The highest BCUT2D eigenvalue weighted by molar-refractivity contribution is 6.08. The van der Waals surface area contributed by atoms with Crippen molar-refractivity contribution >= 4 is 17.3 Å². The minimum atomic E-state index is -0.449. The molecule has 0 saturated heterocycles. The maximum Gasteiger partial charge on any atom is 0.281 e. The number of nitrogens with one attached hydrogen (secondary N) is 1. The van der Waals surface area contributed by atoms with Crippen LogP contribution in [0.25, 0.3) is 0 Å². The quantitative estimate of drug-likeness (QED) is 0.889. The molecule has 0 spiro atoms. The number of nitrogen functional groups attached to an aromatic ring is 1. The number of aryl methyl sites for hydroxylation is 1. The molecule has 1 aromatic heterocycles. The number of rotatable bonds is 5. The summed E-state index contributed by atoms with van der Waals surface area (Å²) in [5, 5.41) is 6.78. The van der Waals surface area contributed by atoms with E-state index in [4.69, 9.17) is 5.73 Å². The number of aromatic nitrogens is 2. The molecule has 0 aliphatic heterocycles. The summed E-state index contributed by atoms with van der Waals surface area (Å²) in [6, 6.07) is 6.15. The number of carbonyl (C=O) groups is 1. The molecule has 112 valence electrons. The van der Waals surface area contributed by atoms with E-state index in [-0.39, 0.29) is 11.4 Å². The first-order valence-corrected chi connectivity index (χ1v) is 6.99. The van der Waals surface area contributed by atoms with Crippen molar-refractivity contribution in [3.63, 3.8) is 0 Å². The fourth-order valence-electron chi connectivity index (χ4n) is 2.21. The third-order valence-electron chi connectivity index (χ3n) is 3.29. The van der Waals surface area contributed by atoms with Crippen LogP contribution >= 0.6 is 0 Å². The van der Waals surface area contributed by atoms with Crippen molar-refractivity contribution in [2.45, 2.75) is 26.7 Å². The normalized spacial score (nSPS) is 10.6. The lowest BCUT2D eigenvalue weighted by Crippen LogP contribution is -2.32. The molecule has 1 amide bonds. The molecule has 0 bridgehead atoms. The predicted molar refractivity (Wildman–Crippen MR) is 80.7 cm³/mol. The minimum Gasteiger partial charge on any atom is -0.395 e. The summed E-state index contributed by atoms with van der Waals surface area (Å²) < 4.78 is 13.9.